The van der Waals surface area contributed by atoms with Gasteiger partial charge in [0.15, 0.2) is 11.5 Å². The van der Waals surface area contributed by atoms with E-state index in [-0.39, 0.29) is 11.3 Å². The predicted octanol–water partition coefficient (Wildman–Crippen LogP) is 3.33. The normalized spacial score (nSPS) is 19.4. The molecular formula is C29H34N2O7. The van der Waals surface area contributed by atoms with Gasteiger partial charge in [-0.15, -0.1) is 0 Å². The quantitative estimate of drug-likeness (QED) is 0.220. The van der Waals surface area contributed by atoms with Gasteiger partial charge in [0, 0.05) is 31.7 Å². The summed E-state index contributed by atoms with van der Waals surface area (Å²) in [6.45, 7) is 9.47. The number of nitrogens with zero attached hydrogens (tertiary/aromatic N) is 2. The van der Waals surface area contributed by atoms with Crippen molar-refractivity contribution in [2.24, 2.45) is 0 Å². The Kier molecular flexibility index (Phi) is 8.70. The van der Waals surface area contributed by atoms with Crippen LogP contribution in [0.3, 0.4) is 0 Å². The molecule has 2 aromatic carbocycles. The number of ketones is 1. The van der Waals surface area contributed by atoms with Crippen molar-refractivity contribution in [3.63, 3.8) is 0 Å². The van der Waals surface area contributed by atoms with E-state index in [4.69, 9.17) is 18.9 Å². The van der Waals surface area contributed by atoms with Gasteiger partial charge in [0.1, 0.15) is 18.1 Å². The maximum Gasteiger partial charge on any atom is 0.295 e. The van der Waals surface area contributed by atoms with Crippen LogP contribution in [0.2, 0.25) is 0 Å². The molecule has 0 aliphatic carbocycles. The number of carbonyl (C=O) groups is 2. The lowest BCUT2D eigenvalue weighted by Crippen LogP contribution is -2.42. The predicted molar refractivity (Wildman–Crippen MR) is 143 cm³/mol. The van der Waals surface area contributed by atoms with Gasteiger partial charge in [-0.2, -0.15) is 0 Å². The molecule has 2 aromatic rings. The Hall–Kier alpha value is -3.82. The minimum absolute atomic E-state index is 0.0343. The van der Waals surface area contributed by atoms with E-state index in [0.29, 0.717) is 66.8 Å². The van der Waals surface area contributed by atoms with Gasteiger partial charge in [0.2, 0.25) is 0 Å². The standard InChI is InChI=1S/C29H34N2O7/c1-5-14-38-21-7-8-22(19(2)17-21)27(32)25-26(20-6-9-23(35-3)24(18-20)36-4)31(29(34)28(25)33)11-10-30-12-15-37-16-13-30/h5-9,17-18,26,32H,1,10-16H2,2-4H3/t26-/m1/s1. The van der Waals surface area contributed by atoms with Gasteiger partial charge in [0.25, 0.3) is 11.7 Å². The lowest BCUT2D eigenvalue weighted by Gasteiger charge is -2.31. The second-order valence-electron chi connectivity index (χ2n) is 9.14. The molecule has 4 rings (SSSR count). The second kappa shape index (κ2) is 12.1. The Morgan fingerprint density at radius 3 is 2.47 bits per heavy atom. The Labute approximate surface area is 222 Å². The van der Waals surface area contributed by atoms with Crippen molar-refractivity contribution in [2.75, 3.05) is 60.2 Å². The van der Waals surface area contributed by atoms with Crippen molar-refractivity contribution in [3.8, 4) is 17.2 Å². The molecule has 0 aromatic heterocycles. The van der Waals surface area contributed by atoms with Crippen LogP contribution < -0.4 is 14.2 Å². The number of aliphatic hydroxyl groups is 1. The molecule has 0 unspecified atom stereocenters. The number of hydrogen-bond donors (Lipinski definition) is 1. The number of rotatable bonds is 10. The van der Waals surface area contributed by atoms with Crippen LogP contribution in [0.15, 0.2) is 54.6 Å². The fourth-order valence-corrected chi connectivity index (χ4v) is 4.85. The number of morpholine rings is 1. The topological polar surface area (TPSA) is 97.8 Å². The molecule has 9 heteroatoms. The van der Waals surface area contributed by atoms with E-state index in [1.165, 1.54) is 19.1 Å². The molecule has 9 nitrogen and oxygen atoms in total. The van der Waals surface area contributed by atoms with E-state index in [0.717, 1.165) is 13.1 Å². The maximum absolute atomic E-state index is 13.4. The van der Waals surface area contributed by atoms with Gasteiger partial charge >= 0.3 is 0 Å². The summed E-state index contributed by atoms with van der Waals surface area (Å²) in [7, 11) is 3.06. The smallest absolute Gasteiger partial charge is 0.295 e. The third-order valence-corrected chi connectivity index (χ3v) is 6.84. The number of aryl methyl sites for hydroxylation is 1. The second-order valence-corrected chi connectivity index (χ2v) is 9.14. The molecule has 1 atom stereocenters. The summed E-state index contributed by atoms with van der Waals surface area (Å²) in [6, 6.07) is 9.63. The highest BCUT2D eigenvalue weighted by Gasteiger charge is 2.46. The number of carbonyl (C=O) groups excluding carboxylic acids is 2. The number of ether oxygens (including phenoxy) is 4. The first-order valence-corrected chi connectivity index (χ1v) is 12.5. The highest BCUT2D eigenvalue weighted by molar-refractivity contribution is 6.46. The molecule has 202 valence electrons. The first-order valence-electron chi connectivity index (χ1n) is 12.5. The number of benzene rings is 2. The molecule has 1 N–H and O–H groups in total. The lowest BCUT2D eigenvalue weighted by atomic mass is 9.93. The largest absolute Gasteiger partial charge is 0.507 e. The van der Waals surface area contributed by atoms with Crippen molar-refractivity contribution in [2.45, 2.75) is 13.0 Å². The molecule has 0 bridgehead atoms. The minimum atomic E-state index is -0.799. The first kappa shape index (κ1) is 27.2. The van der Waals surface area contributed by atoms with Crippen molar-refractivity contribution in [1.29, 1.82) is 0 Å². The summed E-state index contributed by atoms with van der Waals surface area (Å²) < 4.78 is 21.9. The molecule has 0 saturated carbocycles. The molecule has 2 heterocycles. The van der Waals surface area contributed by atoms with Crippen LogP contribution in [0.5, 0.6) is 17.2 Å². The van der Waals surface area contributed by atoms with Crippen LogP contribution in [0.4, 0.5) is 0 Å². The fourth-order valence-electron chi connectivity index (χ4n) is 4.85. The van der Waals surface area contributed by atoms with Crippen molar-refractivity contribution in [1.82, 2.24) is 9.80 Å². The van der Waals surface area contributed by atoms with Gasteiger partial charge in [-0.3, -0.25) is 14.5 Å². The average molecular weight is 523 g/mol. The first-order chi connectivity index (χ1) is 18.4. The number of Topliss-reactive ketones (excluding diaryl/α,β-unsaturated/α-hetero) is 1. The van der Waals surface area contributed by atoms with E-state index in [2.05, 4.69) is 11.5 Å². The highest BCUT2D eigenvalue weighted by atomic mass is 16.5. The van der Waals surface area contributed by atoms with Crippen LogP contribution in [0.1, 0.15) is 22.7 Å². The van der Waals surface area contributed by atoms with Gasteiger partial charge in [0.05, 0.1) is 39.0 Å². The number of amides is 1. The summed E-state index contributed by atoms with van der Waals surface area (Å²) >= 11 is 0. The number of likely N-dealkylation sites (tertiary alicyclic amines) is 1. The zero-order valence-electron chi connectivity index (χ0n) is 22.1. The summed E-state index contributed by atoms with van der Waals surface area (Å²) in [4.78, 5) is 30.5. The van der Waals surface area contributed by atoms with E-state index in [1.54, 1.807) is 42.5 Å². The van der Waals surface area contributed by atoms with Crippen LogP contribution in [0, 0.1) is 6.92 Å². The molecule has 38 heavy (non-hydrogen) atoms. The Balaban J connectivity index is 1.78. The van der Waals surface area contributed by atoms with Gasteiger partial charge in [-0.25, -0.2) is 0 Å². The molecule has 0 radical (unpaired) electrons. The highest BCUT2D eigenvalue weighted by Crippen LogP contribution is 2.42. The van der Waals surface area contributed by atoms with Crippen LogP contribution in [0.25, 0.3) is 5.76 Å². The third-order valence-electron chi connectivity index (χ3n) is 6.84. The molecule has 1 amide bonds. The molecule has 2 saturated heterocycles. The van der Waals surface area contributed by atoms with Crippen molar-refractivity contribution in [3.05, 3.63) is 71.3 Å². The summed E-state index contributed by atoms with van der Waals surface area (Å²) in [5.74, 6) is -0.0129. The average Bonchev–Trinajstić information content (AvgIpc) is 3.19. The Morgan fingerprint density at radius 1 is 1.08 bits per heavy atom. The fraction of sp³-hybridized carbons (Fsp3) is 0.379. The Morgan fingerprint density at radius 2 is 1.82 bits per heavy atom. The SMILES string of the molecule is C=CCOc1ccc(C(O)=C2C(=O)C(=O)N(CCN3CCOCC3)[C@@H]2c2ccc(OC)c(OC)c2)c(C)c1. The number of aliphatic hydroxyl groups excluding tert-OH is 1. The molecule has 2 aliphatic rings. The third kappa shape index (κ3) is 5.54. The van der Waals surface area contributed by atoms with E-state index in [1.807, 2.05) is 6.92 Å². The molecule has 2 fully saturated rings. The molecule has 2 aliphatic heterocycles. The zero-order valence-corrected chi connectivity index (χ0v) is 22.1. The summed E-state index contributed by atoms with van der Waals surface area (Å²) in [5, 5.41) is 11.5. The number of methoxy groups -OCH3 is 2. The summed E-state index contributed by atoms with van der Waals surface area (Å²) in [5.41, 5.74) is 1.82. The lowest BCUT2D eigenvalue weighted by molar-refractivity contribution is -0.140. The maximum atomic E-state index is 13.4. The molecule has 0 spiro atoms. The van der Waals surface area contributed by atoms with Gasteiger partial charge < -0.3 is 29.0 Å². The van der Waals surface area contributed by atoms with Crippen LogP contribution >= 0.6 is 0 Å². The zero-order chi connectivity index (χ0) is 27.2. The van der Waals surface area contributed by atoms with Crippen LogP contribution in [-0.4, -0.2) is 86.8 Å². The van der Waals surface area contributed by atoms with E-state index >= 15 is 0 Å². The van der Waals surface area contributed by atoms with Gasteiger partial charge in [-0.05, 0) is 48.4 Å². The molecular weight excluding hydrogens is 488 g/mol. The van der Waals surface area contributed by atoms with Crippen LogP contribution in [-0.2, 0) is 14.3 Å². The minimum Gasteiger partial charge on any atom is -0.507 e. The van der Waals surface area contributed by atoms with Crippen molar-refractivity contribution < 1.29 is 33.6 Å². The Bertz CT molecular complexity index is 1230. The number of hydrogen-bond acceptors (Lipinski definition) is 8. The summed E-state index contributed by atoms with van der Waals surface area (Å²) in [6.07, 6.45) is 1.64. The van der Waals surface area contributed by atoms with E-state index < -0.39 is 17.7 Å². The van der Waals surface area contributed by atoms with E-state index in [9.17, 15) is 14.7 Å². The van der Waals surface area contributed by atoms with Crippen molar-refractivity contribution >= 4 is 17.4 Å². The van der Waals surface area contributed by atoms with Gasteiger partial charge in [-0.1, -0.05) is 18.7 Å². The monoisotopic (exact) mass is 522 g/mol.